The lowest BCUT2D eigenvalue weighted by atomic mass is 10.1. The molecular formula is C23H18BrF3N2O3. The molecule has 3 aromatic rings. The molecule has 0 aromatic heterocycles. The van der Waals surface area contributed by atoms with Crippen molar-refractivity contribution in [3.05, 3.63) is 87.9 Å². The number of carbonyl (C=O) groups excluding carboxylic acids is 2. The lowest BCUT2D eigenvalue weighted by molar-refractivity contribution is -0.137. The SMILES string of the molecule is Cc1ccc(OCC(=O)Nc2ccc(C(=O)Nc3cccc(C(F)(F)F)c3)cc2)c(Br)c1. The van der Waals surface area contributed by atoms with Crippen LogP contribution in [0.3, 0.4) is 0 Å². The molecule has 5 nitrogen and oxygen atoms in total. The van der Waals surface area contributed by atoms with E-state index in [1.54, 1.807) is 6.07 Å². The molecule has 0 atom stereocenters. The fourth-order valence-electron chi connectivity index (χ4n) is 2.74. The van der Waals surface area contributed by atoms with Crippen molar-refractivity contribution in [2.75, 3.05) is 17.2 Å². The lowest BCUT2D eigenvalue weighted by Crippen LogP contribution is -2.20. The van der Waals surface area contributed by atoms with Crippen LogP contribution in [0.2, 0.25) is 0 Å². The molecule has 0 aliphatic carbocycles. The van der Waals surface area contributed by atoms with Crippen molar-refractivity contribution in [2.24, 2.45) is 0 Å². The highest BCUT2D eigenvalue weighted by Crippen LogP contribution is 2.31. The second-order valence-corrected chi connectivity index (χ2v) is 7.74. The number of hydrogen-bond donors (Lipinski definition) is 2. The molecule has 3 aromatic carbocycles. The number of hydrogen-bond acceptors (Lipinski definition) is 3. The molecule has 0 saturated heterocycles. The van der Waals surface area contributed by atoms with Crippen LogP contribution in [0, 0.1) is 6.92 Å². The van der Waals surface area contributed by atoms with Gasteiger partial charge in [-0.05, 0) is 83.0 Å². The zero-order chi connectivity index (χ0) is 23.3. The predicted molar refractivity (Wildman–Crippen MR) is 119 cm³/mol. The van der Waals surface area contributed by atoms with Gasteiger partial charge in [-0.2, -0.15) is 13.2 Å². The van der Waals surface area contributed by atoms with Gasteiger partial charge in [0.15, 0.2) is 6.61 Å². The normalized spacial score (nSPS) is 11.0. The van der Waals surface area contributed by atoms with Crippen LogP contribution in [-0.4, -0.2) is 18.4 Å². The Hall–Kier alpha value is -3.33. The maximum atomic E-state index is 12.8. The smallest absolute Gasteiger partial charge is 0.416 e. The van der Waals surface area contributed by atoms with Gasteiger partial charge in [0.1, 0.15) is 5.75 Å². The van der Waals surface area contributed by atoms with Crippen molar-refractivity contribution >= 4 is 39.1 Å². The molecule has 0 aliphatic heterocycles. The molecular weight excluding hydrogens is 489 g/mol. The van der Waals surface area contributed by atoms with E-state index in [-0.39, 0.29) is 17.9 Å². The van der Waals surface area contributed by atoms with Crippen LogP contribution in [0.5, 0.6) is 5.75 Å². The molecule has 2 amide bonds. The first-order valence-electron chi connectivity index (χ1n) is 9.39. The van der Waals surface area contributed by atoms with Crippen molar-refractivity contribution in [1.82, 2.24) is 0 Å². The van der Waals surface area contributed by atoms with Crippen molar-refractivity contribution in [3.8, 4) is 5.75 Å². The van der Waals surface area contributed by atoms with E-state index in [0.29, 0.717) is 11.4 Å². The molecule has 0 heterocycles. The van der Waals surface area contributed by atoms with Gasteiger partial charge in [0, 0.05) is 16.9 Å². The topological polar surface area (TPSA) is 67.4 Å². The number of benzene rings is 3. The largest absolute Gasteiger partial charge is 0.483 e. The molecule has 0 saturated carbocycles. The Labute approximate surface area is 190 Å². The number of nitrogens with one attached hydrogen (secondary N) is 2. The van der Waals surface area contributed by atoms with E-state index in [4.69, 9.17) is 4.74 Å². The van der Waals surface area contributed by atoms with E-state index in [9.17, 15) is 22.8 Å². The Morgan fingerprint density at radius 3 is 2.31 bits per heavy atom. The number of anilines is 2. The highest BCUT2D eigenvalue weighted by atomic mass is 79.9. The molecule has 3 rings (SSSR count). The van der Waals surface area contributed by atoms with Gasteiger partial charge in [0.05, 0.1) is 10.0 Å². The highest BCUT2D eigenvalue weighted by Gasteiger charge is 2.30. The summed E-state index contributed by atoms with van der Waals surface area (Å²) >= 11 is 3.37. The van der Waals surface area contributed by atoms with E-state index in [0.717, 1.165) is 22.2 Å². The fourth-order valence-corrected chi connectivity index (χ4v) is 3.35. The number of halogens is 4. The van der Waals surface area contributed by atoms with Gasteiger partial charge in [-0.1, -0.05) is 12.1 Å². The van der Waals surface area contributed by atoms with Gasteiger partial charge in [-0.3, -0.25) is 9.59 Å². The van der Waals surface area contributed by atoms with Gasteiger partial charge in [-0.25, -0.2) is 0 Å². The molecule has 0 fully saturated rings. The average Bonchev–Trinajstić information content (AvgIpc) is 2.73. The highest BCUT2D eigenvalue weighted by molar-refractivity contribution is 9.10. The van der Waals surface area contributed by atoms with Crippen molar-refractivity contribution in [3.63, 3.8) is 0 Å². The van der Waals surface area contributed by atoms with Crippen LogP contribution in [-0.2, 0) is 11.0 Å². The van der Waals surface area contributed by atoms with Crippen molar-refractivity contribution in [2.45, 2.75) is 13.1 Å². The molecule has 166 valence electrons. The summed E-state index contributed by atoms with van der Waals surface area (Å²) in [5.74, 6) is -0.430. The Morgan fingerprint density at radius 2 is 1.66 bits per heavy atom. The van der Waals surface area contributed by atoms with Crippen molar-refractivity contribution in [1.29, 1.82) is 0 Å². The monoisotopic (exact) mass is 506 g/mol. The van der Waals surface area contributed by atoms with E-state index in [1.165, 1.54) is 36.4 Å². The summed E-state index contributed by atoms with van der Waals surface area (Å²) in [6.45, 7) is 1.73. The Kier molecular flexibility index (Phi) is 7.19. The molecule has 0 spiro atoms. The average molecular weight is 507 g/mol. The van der Waals surface area contributed by atoms with Crippen LogP contribution < -0.4 is 15.4 Å². The van der Waals surface area contributed by atoms with Crippen LogP contribution in [0.1, 0.15) is 21.5 Å². The van der Waals surface area contributed by atoms with Crippen molar-refractivity contribution < 1.29 is 27.5 Å². The molecule has 9 heteroatoms. The summed E-state index contributed by atoms with van der Waals surface area (Å²) in [6, 6.07) is 15.8. The Balaban J connectivity index is 1.56. The number of ether oxygens (including phenoxy) is 1. The Bertz CT molecular complexity index is 1130. The first kappa shape index (κ1) is 23.3. The number of amides is 2. The molecule has 0 aliphatic rings. The molecule has 0 radical (unpaired) electrons. The van der Waals surface area contributed by atoms with E-state index in [1.807, 2.05) is 19.1 Å². The molecule has 0 unspecified atom stereocenters. The van der Waals surface area contributed by atoms with Crippen LogP contribution in [0.4, 0.5) is 24.5 Å². The number of rotatable bonds is 6. The minimum absolute atomic E-state index is 0.0293. The Morgan fingerprint density at radius 1 is 0.938 bits per heavy atom. The minimum atomic E-state index is -4.50. The van der Waals surface area contributed by atoms with E-state index in [2.05, 4.69) is 26.6 Å². The number of alkyl halides is 3. The summed E-state index contributed by atoms with van der Waals surface area (Å²) in [5, 5.41) is 5.07. The molecule has 0 bridgehead atoms. The summed E-state index contributed by atoms with van der Waals surface area (Å²) in [7, 11) is 0. The molecule has 32 heavy (non-hydrogen) atoms. The summed E-state index contributed by atoms with van der Waals surface area (Å²) in [4.78, 5) is 24.4. The molecule has 2 N–H and O–H groups in total. The third kappa shape index (κ3) is 6.34. The lowest BCUT2D eigenvalue weighted by Gasteiger charge is -2.11. The fraction of sp³-hybridized carbons (Fsp3) is 0.130. The third-order valence-corrected chi connectivity index (χ3v) is 4.94. The second-order valence-electron chi connectivity index (χ2n) is 6.88. The van der Waals surface area contributed by atoms with E-state index < -0.39 is 23.6 Å². The summed E-state index contributed by atoms with van der Waals surface area (Å²) in [5.41, 5.74) is 0.887. The van der Waals surface area contributed by atoms with Gasteiger partial charge in [0.2, 0.25) is 0 Å². The number of carbonyl (C=O) groups is 2. The van der Waals surface area contributed by atoms with Crippen LogP contribution >= 0.6 is 15.9 Å². The summed E-state index contributed by atoms with van der Waals surface area (Å²) in [6.07, 6.45) is -4.50. The first-order chi connectivity index (χ1) is 15.1. The van der Waals surface area contributed by atoms with Gasteiger partial charge in [0.25, 0.3) is 11.8 Å². The predicted octanol–water partition coefficient (Wildman–Crippen LogP) is 6.05. The maximum absolute atomic E-state index is 12.8. The second kappa shape index (κ2) is 9.86. The van der Waals surface area contributed by atoms with Gasteiger partial charge >= 0.3 is 6.18 Å². The third-order valence-electron chi connectivity index (χ3n) is 4.32. The standard InChI is InChI=1S/C23H18BrF3N2O3/c1-14-5-10-20(19(24)11-14)32-13-21(30)28-17-8-6-15(7-9-17)22(31)29-18-4-2-3-16(12-18)23(25,26)27/h2-12H,13H2,1H3,(H,28,30)(H,29,31). The zero-order valence-electron chi connectivity index (χ0n) is 16.8. The summed E-state index contributed by atoms with van der Waals surface area (Å²) < 4.78 is 44.6. The van der Waals surface area contributed by atoms with Crippen LogP contribution in [0.25, 0.3) is 0 Å². The maximum Gasteiger partial charge on any atom is 0.416 e. The van der Waals surface area contributed by atoms with Crippen LogP contribution in [0.15, 0.2) is 71.2 Å². The number of aryl methyl sites for hydroxylation is 1. The van der Waals surface area contributed by atoms with Gasteiger partial charge < -0.3 is 15.4 Å². The zero-order valence-corrected chi connectivity index (χ0v) is 18.4. The quantitative estimate of drug-likeness (QED) is 0.427. The van der Waals surface area contributed by atoms with Gasteiger partial charge in [-0.15, -0.1) is 0 Å². The first-order valence-corrected chi connectivity index (χ1v) is 10.2. The van der Waals surface area contributed by atoms with E-state index >= 15 is 0 Å². The minimum Gasteiger partial charge on any atom is -0.483 e.